The topological polar surface area (TPSA) is 23.6 Å². The van der Waals surface area contributed by atoms with Gasteiger partial charge in [0.05, 0.1) is 0 Å². The first-order valence-corrected chi connectivity index (χ1v) is 9.41. The molecule has 1 aliphatic rings. The van der Waals surface area contributed by atoms with Crippen LogP contribution in [0.4, 0.5) is 10.4 Å². The number of hydrogen-bond donors (Lipinski definition) is 0. The van der Waals surface area contributed by atoms with Gasteiger partial charge in [-0.2, -0.15) is 0 Å². The molecular weight excluding hydrogens is 327 g/mol. The van der Waals surface area contributed by atoms with Crippen molar-refractivity contribution < 1.29 is 9.50 Å². The molecule has 1 heterocycles. The third-order valence-corrected chi connectivity index (χ3v) is 5.09. The van der Waals surface area contributed by atoms with Crippen LogP contribution in [-0.4, -0.2) is 36.5 Å². The minimum Gasteiger partial charge on any atom is -0.309 e. The standard InChI is InChI=1S/C22H28N2O.FH/c1-2-22(25)24(20-11-7-4-8-12-20)21-14-17-23(18-15-21)16-13-19-9-5-3-6-10-19;/h3-12,21H,2,13-18H2,1H3;1H. The molecule has 1 amide bonds. The van der Waals surface area contributed by atoms with Crippen LogP contribution < -0.4 is 4.90 Å². The molecule has 140 valence electrons. The molecule has 26 heavy (non-hydrogen) atoms. The summed E-state index contributed by atoms with van der Waals surface area (Å²) < 4.78 is 0. The third kappa shape index (κ3) is 5.15. The molecule has 0 radical (unpaired) electrons. The summed E-state index contributed by atoms with van der Waals surface area (Å²) in [5.74, 6) is 0.230. The Morgan fingerprint density at radius 1 is 1.00 bits per heavy atom. The smallest absolute Gasteiger partial charge is 0.226 e. The van der Waals surface area contributed by atoms with Crippen LogP contribution >= 0.6 is 0 Å². The summed E-state index contributed by atoms with van der Waals surface area (Å²) in [6.07, 6.45) is 3.76. The molecule has 0 spiro atoms. The summed E-state index contributed by atoms with van der Waals surface area (Å²) in [7, 11) is 0. The van der Waals surface area contributed by atoms with Gasteiger partial charge in [-0.15, -0.1) is 0 Å². The van der Waals surface area contributed by atoms with E-state index in [1.807, 2.05) is 30.0 Å². The number of carbonyl (C=O) groups is 1. The van der Waals surface area contributed by atoms with Crippen molar-refractivity contribution in [2.75, 3.05) is 24.5 Å². The van der Waals surface area contributed by atoms with E-state index in [4.69, 9.17) is 0 Å². The van der Waals surface area contributed by atoms with Gasteiger partial charge in [0.2, 0.25) is 5.91 Å². The largest absolute Gasteiger partial charge is 0.309 e. The van der Waals surface area contributed by atoms with Gasteiger partial charge in [0.15, 0.2) is 0 Å². The Morgan fingerprint density at radius 2 is 1.58 bits per heavy atom. The monoisotopic (exact) mass is 356 g/mol. The molecule has 0 unspecified atom stereocenters. The second-order valence-corrected chi connectivity index (χ2v) is 6.76. The number of piperidine rings is 1. The number of benzene rings is 2. The zero-order chi connectivity index (χ0) is 17.5. The predicted molar refractivity (Wildman–Crippen MR) is 106 cm³/mol. The van der Waals surface area contributed by atoms with Gasteiger partial charge in [-0.25, -0.2) is 0 Å². The Balaban J connectivity index is 0.00000243. The lowest BCUT2D eigenvalue weighted by Crippen LogP contribution is -2.47. The number of amides is 1. The van der Waals surface area contributed by atoms with Gasteiger partial charge in [0.1, 0.15) is 0 Å². The molecule has 1 saturated heterocycles. The first kappa shape index (κ1) is 20.1. The van der Waals surface area contributed by atoms with Gasteiger partial charge < -0.3 is 9.80 Å². The van der Waals surface area contributed by atoms with Crippen molar-refractivity contribution in [3.8, 4) is 0 Å². The maximum Gasteiger partial charge on any atom is 0.226 e. The van der Waals surface area contributed by atoms with E-state index in [1.54, 1.807) is 0 Å². The lowest BCUT2D eigenvalue weighted by Gasteiger charge is -2.38. The normalized spacial score (nSPS) is 15.3. The van der Waals surface area contributed by atoms with Crippen LogP contribution in [-0.2, 0) is 11.2 Å². The molecule has 0 N–H and O–H groups in total. The van der Waals surface area contributed by atoms with Crippen LogP contribution in [0.3, 0.4) is 0 Å². The Kier molecular flexibility index (Phi) is 7.79. The molecule has 2 aromatic carbocycles. The highest BCUT2D eigenvalue weighted by Crippen LogP contribution is 2.24. The molecule has 2 aromatic rings. The van der Waals surface area contributed by atoms with Crippen LogP contribution in [0.2, 0.25) is 0 Å². The van der Waals surface area contributed by atoms with E-state index in [-0.39, 0.29) is 10.6 Å². The molecule has 0 atom stereocenters. The van der Waals surface area contributed by atoms with E-state index < -0.39 is 0 Å². The average molecular weight is 356 g/mol. The molecule has 3 rings (SSSR count). The third-order valence-electron chi connectivity index (χ3n) is 5.09. The fourth-order valence-electron chi connectivity index (χ4n) is 3.65. The summed E-state index contributed by atoms with van der Waals surface area (Å²) in [5.41, 5.74) is 2.44. The quantitative estimate of drug-likeness (QED) is 0.771. The number of hydrogen-bond acceptors (Lipinski definition) is 2. The van der Waals surface area contributed by atoms with Crippen LogP contribution in [0.1, 0.15) is 31.7 Å². The van der Waals surface area contributed by atoms with Crippen molar-refractivity contribution in [3.63, 3.8) is 0 Å². The number of anilines is 1. The fraction of sp³-hybridized carbons (Fsp3) is 0.409. The van der Waals surface area contributed by atoms with Crippen LogP contribution in [0, 0.1) is 0 Å². The molecule has 3 nitrogen and oxygen atoms in total. The highest BCUT2D eigenvalue weighted by Gasteiger charge is 2.28. The van der Waals surface area contributed by atoms with E-state index in [2.05, 4.69) is 47.4 Å². The van der Waals surface area contributed by atoms with E-state index in [0.717, 1.165) is 44.6 Å². The highest BCUT2D eigenvalue weighted by molar-refractivity contribution is 5.93. The van der Waals surface area contributed by atoms with Crippen LogP contribution in [0.25, 0.3) is 0 Å². The van der Waals surface area contributed by atoms with Crippen molar-refractivity contribution in [2.24, 2.45) is 0 Å². The Labute approximate surface area is 156 Å². The SMILES string of the molecule is CCC(=O)N(c1ccccc1)C1CCN(CCc2ccccc2)CC1.F. The predicted octanol–water partition coefficient (Wildman–Crippen LogP) is 4.29. The summed E-state index contributed by atoms with van der Waals surface area (Å²) in [6.45, 7) is 5.19. The lowest BCUT2D eigenvalue weighted by atomic mass is 10.0. The first-order valence-electron chi connectivity index (χ1n) is 9.41. The Morgan fingerprint density at radius 3 is 2.15 bits per heavy atom. The molecule has 1 fully saturated rings. The number of likely N-dealkylation sites (tertiary alicyclic amines) is 1. The average Bonchev–Trinajstić information content (AvgIpc) is 2.69. The summed E-state index contributed by atoms with van der Waals surface area (Å²) in [6, 6.07) is 21.1. The van der Waals surface area contributed by atoms with Crippen molar-refractivity contribution >= 4 is 11.6 Å². The lowest BCUT2D eigenvalue weighted by molar-refractivity contribution is -0.119. The van der Waals surface area contributed by atoms with Crippen LogP contribution in [0.5, 0.6) is 0 Å². The van der Waals surface area contributed by atoms with Gasteiger partial charge in [0.25, 0.3) is 0 Å². The number of rotatable bonds is 6. The van der Waals surface area contributed by atoms with E-state index >= 15 is 0 Å². The number of carbonyl (C=O) groups excluding carboxylic acids is 1. The van der Waals surface area contributed by atoms with E-state index in [0.29, 0.717) is 12.5 Å². The van der Waals surface area contributed by atoms with Crippen molar-refractivity contribution in [2.45, 2.75) is 38.6 Å². The van der Waals surface area contributed by atoms with Gasteiger partial charge in [-0.05, 0) is 37.0 Å². The number of para-hydroxylation sites is 1. The molecule has 0 aromatic heterocycles. The minimum absolute atomic E-state index is 0. The minimum atomic E-state index is 0. The summed E-state index contributed by atoms with van der Waals surface area (Å²) in [4.78, 5) is 17.1. The summed E-state index contributed by atoms with van der Waals surface area (Å²) >= 11 is 0. The zero-order valence-corrected chi connectivity index (χ0v) is 15.5. The fourth-order valence-corrected chi connectivity index (χ4v) is 3.65. The maximum absolute atomic E-state index is 12.5. The van der Waals surface area contributed by atoms with E-state index in [1.165, 1.54) is 5.56 Å². The van der Waals surface area contributed by atoms with Crippen molar-refractivity contribution in [3.05, 3.63) is 66.2 Å². The molecular formula is C22H29FN2O. The number of halogens is 1. The van der Waals surface area contributed by atoms with Gasteiger partial charge in [0, 0.05) is 37.8 Å². The zero-order valence-electron chi connectivity index (χ0n) is 15.5. The van der Waals surface area contributed by atoms with Crippen molar-refractivity contribution in [1.29, 1.82) is 0 Å². The number of nitrogens with zero attached hydrogens (tertiary/aromatic N) is 2. The molecule has 0 aliphatic carbocycles. The van der Waals surface area contributed by atoms with Gasteiger partial charge >= 0.3 is 0 Å². The second kappa shape index (κ2) is 10.1. The maximum atomic E-state index is 12.5. The molecule has 1 aliphatic heterocycles. The highest BCUT2D eigenvalue weighted by atomic mass is 19.0. The molecule has 0 bridgehead atoms. The Bertz CT molecular complexity index is 654. The molecule has 0 saturated carbocycles. The van der Waals surface area contributed by atoms with Gasteiger partial charge in [-0.1, -0.05) is 55.5 Å². The molecule has 4 heteroatoms. The summed E-state index contributed by atoms with van der Waals surface area (Å²) in [5, 5.41) is 0. The van der Waals surface area contributed by atoms with Crippen LogP contribution in [0.15, 0.2) is 60.7 Å². The van der Waals surface area contributed by atoms with Crippen molar-refractivity contribution in [1.82, 2.24) is 4.90 Å². The Hall–Kier alpha value is -2.20. The van der Waals surface area contributed by atoms with Gasteiger partial charge in [-0.3, -0.25) is 9.50 Å². The first-order chi connectivity index (χ1) is 12.3. The second-order valence-electron chi connectivity index (χ2n) is 6.76. The van der Waals surface area contributed by atoms with E-state index in [9.17, 15) is 4.79 Å².